The minimum absolute atomic E-state index is 0.0115. The number of ether oxygens (including phenoxy) is 2. The molecule has 1 aromatic heterocycles. The highest BCUT2D eigenvalue weighted by atomic mass is 32.2. The molecule has 0 aliphatic carbocycles. The van der Waals surface area contributed by atoms with E-state index in [1.807, 2.05) is 0 Å². The van der Waals surface area contributed by atoms with Gasteiger partial charge in [0.05, 0.1) is 22.8 Å². The molecule has 3 aromatic carbocycles. The van der Waals surface area contributed by atoms with Crippen LogP contribution in [0.3, 0.4) is 0 Å². The molecule has 1 N–H and O–H groups in total. The van der Waals surface area contributed by atoms with E-state index in [1.165, 1.54) is 48.8 Å². The fourth-order valence-corrected chi connectivity index (χ4v) is 4.95. The van der Waals surface area contributed by atoms with E-state index in [0.717, 1.165) is 39.5 Å². The smallest absolute Gasteiger partial charge is 0.482 e. The summed E-state index contributed by atoms with van der Waals surface area (Å²) in [6.45, 7) is 0.0338. The molecule has 5 rings (SSSR count). The molecular weight excluding hydrogens is 649 g/mol. The lowest BCUT2D eigenvalue weighted by molar-refractivity contribution is -0.274. The monoisotopic (exact) mass is 668 g/mol. The highest BCUT2D eigenvalue weighted by molar-refractivity contribution is 8.15. The standard InChI is InChI=1S/C28H19F7N6O4S/c1-15-5-8-22(44-13-27(30,31)32)21(9-15)41-23(42)12-46-26(41)38-25(43)37-20-7-6-16(10-19(20)29)24-36-14-40(39-24)17-3-2-4-18(11-17)45-28(33,34)35/h2-11,14H,12-13H2,1H3,(H,37,43). The SMILES string of the molecule is Cc1ccc(OCC(F)(F)F)c(N2C(=O)CSC2=NC(=O)Nc2ccc(-c3ncn(-c4cccc(OC(F)(F)F)c4)n3)cc2F)c1. The normalized spacial score (nSPS) is 14.6. The van der Waals surface area contributed by atoms with Gasteiger partial charge < -0.3 is 14.8 Å². The van der Waals surface area contributed by atoms with Crippen molar-refractivity contribution in [1.29, 1.82) is 0 Å². The number of anilines is 2. The molecule has 0 saturated carbocycles. The fourth-order valence-electron chi connectivity index (χ4n) is 4.09. The molecule has 1 saturated heterocycles. The van der Waals surface area contributed by atoms with Gasteiger partial charge >= 0.3 is 18.6 Å². The molecule has 1 aliphatic heterocycles. The van der Waals surface area contributed by atoms with Crippen molar-refractivity contribution in [2.45, 2.75) is 19.5 Å². The topological polar surface area (TPSA) is 111 Å². The van der Waals surface area contributed by atoms with Gasteiger partial charge in [0.25, 0.3) is 0 Å². The Bertz CT molecular complexity index is 1830. The molecule has 3 amide bonds. The van der Waals surface area contributed by atoms with Crippen LogP contribution in [0.1, 0.15) is 5.56 Å². The van der Waals surface area contributed by atoms with Crippen molar-refractivity contribution in [3.8, 4) is 28.6 Å². The van der Waals surface area contributed by atoms with Crippen LogP contribution in [-0.2, 0) is 4.79 Å². The molecule has 4 aromatic rings. The maximum atomic E-state index is 15.0. The third-order valence-electron chi connectivity index (χ3n) is 5.99. The van der Waals surface area contributed by atoms with Crippen molar-refractivity contribution in [3.05, 3.63) is 78.4 Å². The van der Waals surface area contributed by atoms with Crippen molar-refractivity contribution in [3.63, 3.8) is 0 Å². The number of hydrogen-bond donors (Lipinski definition) is 1. The van der Waals surface area contributed by atoms with E-state index in [2.05, 4.69) is 25.1 Å². The third kappa shape index (κ3) is 7.92. The number of aryl methyl sites for hydroxylation is 1. The van der Waals surface area contributed by atoms with E-state index in [-0.39, 0.29) is 45.1 Å². The Kier molecular flexibility index (Phi) is 8.91. The van der Waals surface area contributed by atoms with Crippen LogP contribution >= 0.6 is 11.8 Å². The summed E-state index contributed by atoms with van der Waals surface area (Å²) in [4.78, 5) is 34.2. The number of amides is 3. The highest BCUT2D eigenvalue weighted by Crippen LogP contribution is 2.36. The number of urea groups is 1. The molecule has 2 heterocycles. The summed E-state index contributed by atoms with van der Waals surface area (Å²) < 4.78 is 101. The number of thioether (sulfide) groups is 1. The van der Waals surface area contributed by atoms with Gasteiger partial charge in [0.15, 0.2) is 17.6 Å². The number of aliphatic imine (C=N–C) groups is 1. The first-order valence-corrected chi connectivity index (χ1v) is 13.9. The molecule has 0 atom stereocenters. The average Bonchev–Trinajstić information content (AvgIpc) is 3.59. The molecule has 1 aliphatic rings. The Labute approximate surface area is 258 Å². The second-order valence-electron chi connectivity index (χ2n) is 9.47. The lowest BCUT2D eigenvalue weighted by Gasteiger charge is -2.21. The molecule has 10 nitrogen and oxygen atoms in total. The predicted octanol–water partition coefficient (Wildman–Crippen LogP) is 6.89. The summed E-state index contributed by atoms with van der Waals surface area (Å²) in [7, 11) is 0. The van der Waals surface area contributed by atoms with Gasteiger partial charge in [-0.15, -0.1) is 18.3 Å². The first kappa shape index (κ1) is 32.3. The maximum Gasteiger partial charge on any atom is 0.573 e. The second-order valence-corrected chi connectivity index (χ2v) is 10.4. The van der Waals surface area contributed by atoms with Crippen LogP contribution in [-0.4, -0.2) is 56.8 Å². The zero-order valence-corrected chi connectivity index (χ0v) is 24.0. The fraction of sp³-hybridized carbons (Fsp3) is 0.179. The summed E-state index contributed by atoms with van der Waals surface area (Å²) in [5.41, 5.74) is 0.588. The van der Waals surface area contributed by atoms with Crippen molar-refractivity contribution in [1.82, 2.24) is 14.8 Å². The zero-order valence-electron chi connectivity index (χ0n) is 23.2. The zero-order chi connectivity index (χ0) is 33.2. The Balaban J connectivity index is 1.32. The van der Waals surface area contributed by atoms with E-state index in [9.17, 15) is 35.9 Å². The minimum Gasteiger partial charge on any atom is -0.482 e. The first-order valence-electron chi connectivity index (χ1n) is 12.9. The number of aromatic nitrogens is 3. The van der Waals surface area contributed by atoms with Crippen LogP contribution in [0.4, 0.5) is 46.9 Å². The van der Waals surface area contributed by atoms with E-state index in [1.54, 1.807) is 6.92 Å². The Hall–Kier alpha value is -5.13. The quantitative estimate of drug-likeness (QED) is 0.214. The van der Waals surface area contributed by atoms with Crippen LogP contribution < -0.4 is 19.7 Å². The number of benzene rings is 3. The molecule has 18 heteroatoms. The maximum absolute atomic E-state index is 15.0. The number of carbonyl (C=O) groups is 2. The van der Waals surface area contributed by atoms with Gasteiger partial charge in [-0.1, -0.05) is 23.9 Å². The Morgan fingerprint density at radius 3 is 2.57 bits per heavy atom. The summed E-state index contributed by atoms with van der Waals surface area (Å²) in [6.07, 6.45) is -8.33. The molecule has 0 spiro atoms. The largest absolute Gasteiger partial charge is 0.573 e. The van der Waals surface area contributed by atoms with E-state index in [4.69, 9.17) is 4.74 Å². The molecule has 1 fully saturated rings. The summed E-state index contributed by atoms with van der Waals surface area (Å²) >= 11 is 0.850. The van der Waals surface area contributed by atoms with Gasteiger partial charge in [0, 0.05) is 11.6 Å². The second kappa shape index (κ2) is 12.7. The summed E-state index contributed by atoms with van der Waals surface area (Å²) in [6, 6.07) is 11.6. The highest BCUT2D eigenvalue weighted by Gasteiger charge is 2.35. The van der Waals surface area contributed by atoms with Crippen LogP contribution in [0.25, 0.3) is 17.1 Å². The lowest BCUT2D eigenvalue weighted by Crippen LogP contribution is -2.31. The molecule has 0 bridgehead atoms. The number of hydrogen-bond acceptors (Lipinski definition) is 7. The van der Waals surface area contributed by atoms with Crippen molar-refractivity contribution in [2.24, 2.45) is 4.99 Å². The van der Waals surface area contributed by atoms with E-state index in [0.29, 0.717) is 5.56 Å². The minimum atomic E-state index is -4.89. The number of nitrogens with zero attached hydrogens (tertiary/aromatic N) is 5. The number of alkyl halides is 6. The van der Waals surface area contributed by atoms with Crippen LogP contribution in [0.2, 0.25) is 0 Å². The van der Waals surface area contributed by atoms with Crippen molar-refractivity contribution >= 4 is 40.2 Å². The third-order valence-corrected chi connectivity index (χ3v) is 6.91. The predicted molar refractivity (Wildman–Crippen MR) is 153 cm³/mol. The molecule has 0 unspecified atom stereocenters. The van der Waals surface area contributed by atoms with Crippen LogP contribution in [0.5, 0.6) is 11.5 Å². The Morgan fingerprint density at radius 2 is 1.85 bits per heavy atom. The van der Waals surface area contributed by atoms with Crippen LogP contribution in [0.15, 0.2) is 72.0 Å². The summed E-state index contributed by atoms with van der Waals surface area (Å²) in [5.74, 6) is -2.38. The summed E-state index contributed by atoms with van der Waals surface area (Å²) in [5, 5.41) is 6.23. The van der Waals surface area contributed by atoms with E-state index < -0.39 is 42.7 Å². The van der Waals surface area contributed by atoms with Gasteiger partial charge in [-0.25, -0.2) is 18.9 Å². The van der Waals surface area contributed by atoms with E-state index >= 15 is 4.39 Å². The van der Waals surface area contributed by atoms with Gasteiger partial charge in [-0.05, 0) is 55.0 Å². The molecule has 240 valence electrons. The molecular formula is C28H19F7N6O4S. The van der Waals surface area contributed by atoms with Gasteiger partial charge in [0.1, 0.15) is 23.6 Å². The molecule has 0 radical (unpaired) electrons. The van der Waals surface area contributed by atoms with Crippen molar-refractivity contribution < 1.29 is 49.8 Å². The number of carbonyl (C=O) groups excluding carboxylic acids is 2. The number of halogens is 7. The van der Waals surface area contributed by atoms with Gasteiger partial charge in [-0.3, -0.25) is 9.69 Å². The Morgan fingerprint density at radius 1 is 1.07 bits per heavy atom. The van der Waals surface area contributed by atoms with Gasteiger partial charge in [-0.2, -0.15) is 18.2 Å². The van der Waals surface area contributed by atoms with Crippen LogP contribution in [0, 0.1) is 12.7 Å². The first-order chi connectivity index (χ1) is 21.6. The number of amidine groups is 1. The van der Waals surface area contributed by atoms with Gasteiger partial charge in [0.2, 0.25) is 5.91 Å². The molecule has 46 heavy (non-hydrogen) atoms. The lowest BCUT2D eigenvalue weighted by atomic mass is 10.2. The van der Waals surface area contributed by atoms with Crippen molar-refractivity contribution in [2.75, 3.05) is 22.6 Å². The average molecular weight is 669 g/mol. The number of rotatable bonds is 7. The number of nitrogens with one attached hydrogen (secondary N) is 1.